The number of hydrogen-bond donors (Lipinski definition) is 2. The number of piperidine rings is 1. The van der Waals surface area contributed by atoms with Crippen molar-refractivity contribution in [3.8, 4) is 0 Å². The van der Waals surface area contributed by atoms with Crippen LogP contribution in [0.15, 0.2) is 23.2 Å². The van der Waals surface area contributed by atoms with Crippen LogP contribution >= 0.6 is 0 Å². The van der Waals surface area contributed by atoms with Gasteiger partial charge in [0.2, 0.25) is 10.0 Å². The molecule has 2 rings (SSSR count). The lowest BCUT2D eigenvalue weighted by atomic mass is 10.1. The molecule has 1 saturated heterocycles. The lowest BCUT2D eigenvalue weighted by Gasteiger charge is -2.26. The number of nitrogens with one attached hydrogen (secondary N) is 1. The van der Waals surface area contributed by atoms with Gasteiger partial charge in [0.05, 0.1) is 12.6 Å². The van der Waals surface area contributed by atoms with Gasteiger partial charge in [-0.3, -0.25) is 0 Å². The number of aromatic nitrogens is 1. The summed E-state index contributed by atoms with van der Waals surface area (Å²) in [5, 5.41) is 12.4. The van der Waals surface area contributed by atoms with Gasteiger partial charge in [0.15, 0.2) is 0 Å². The first-order valence-electron chi connectivity index (χ1n) is 7.78. The zero-order valence-corrected chi connectivity index (χ0v) is 14.0. The minimum absolute atomic E-state index is 0.00712. The van der Waals surface area contributed by atoms with Crippen molar-refractivity contribution >= 4 is 15.8 Å². The Hall–Kier alpha value is -1.18. The van der Waals surface area contributed by atoms with Crippen molar-refractivity contribution in [2.75, 3.05) is 25.0 Å². The first-order chi connectivity index (χ1) is 10.4. The minimum Gasteiger partial charge on any atom is -0.394 e. The number of pyridine rings is 1. The number of hydrogen-bond acceptors (Lipinski definition) is 5. The Balaban J connectivity index is 2.10. The molecule has 0 radical (unpaired) electrons. The van der Waals surface area contributed by atoms with Gasteiger partial charge >= 0.3 is 0 Å². The predicted octanol–water partition coefficient (Wildman–Crippen LogP) is 1.69. The average molecular weight is 327 g/mol. The van der Waals surface area contributed by atoms with Gasteiger partial charge < -0.3 is 10.4 Å². The van der Waals surface area contributed by atoms with Gasteiger partial charge in [-0.05, 0) is 30.9 Å². The van der Waals surface area contributed by atoms with Gasteiger partial charge in [0.1, 0.15) is 10.7 Å². The zero-order chi connectivity index (χ0) is 16.2. The molecule has 1 aromatic rings. The Labute approximate surface area is 132 Å². The molecule has 7 heteroatoms. The molecular weight excluding hydrogens is 302 g/mol. The molecule has 0 spiro atoms. The number of rotatable bonds is 6. The molecule has 0 aromatic carbocycles. The molecule has 6 nitrogen and oxygen atoms in total. The topological polar surface area (TPSA) is 82.5 Å². The SMILES string of the molecule is CC(C)[C@@H](CO)Nc1ccc(S(=O)(=O)N2CCCCC2)cn1. The van der Waals surface area contributed by atoms with E-state index in [2.05, 4.69) is 10.3 Å². The van der Waals surface area contributed by atoms with Crippen LogP contribution in [0.4, 0.5) is 5.82 Å². The van der Waals surface area contributed by atoms with E-state index in [1.165, 1.54) is 10.5 Å². The third kappa shape index (κ3) is 3.97. The summed E-state index contributed by atoms with van der Waals surface area (Å²) in [6.45, 7) is 5.18. The molecule has 1 aliphatic heterocycles. The summed E-state index contributed by atoms with van der Waals surface area (Å²) in [5.41, 5.74) is 0. The molecule has 1 aromatic heterocycles. The average Bonchev–Trinajstić information content (AvgIpc) is 2.53. The van der Waals surface area contributed by atoms with Crippen LogP contribution in [-0.4, -0.2) is 48.6 Å². The maximum absolute atomic E-state index is 12.5. The third-order valence-corrected chi connectivity index (χ3v) is 5.91. The molecule has 0 saturated carbocycles. The molecular formula is C15H25N3O3S. The smallest absolute Gasteiger partial charge is 0.244 e. The highest BCUT2D eigenvalue weighted by molar-refractivity contribution is 7.89. The van der Waals surface area contributed by atoms with Crippen LogP contribution in [0.2, 0.25) is 0 Å². The zero-order valence-electron chi connectivity index (χ0n) is 13.2. The van der Waals surface area contributed by atoms with Crippen LogP contribution < -0.4 is 5.32 Å². The molecule has 1 fully saturated rings. The van der Waals surface area contributed by atoms with E-state index >= 15 is 0 Å². The number of anilines is 1. The summed E-state index contributed by atoms with van der Waals surface area (Å²) in [6.07, 6.45) is 4.31. The van der Waals surface area contributed by atoms with Crippen LogP contribution in [0.3, 0.4) is 0 Å². The summed E-state index contributed by atoms with van der Waals surface area (Å²) in [7, 11) is -3.44. The largest absolute Gasteiger partial charge is 0.394 e. The molecule has 124 valence electrons. The van der Waals surface area contributed by atoms with Crippen molar-refractivity contribution in [2.24, 2.45) is 5.92 Å². The second-order valence-corrected chi connectivity index (χ2v) is 7.96. The minimum atomic E-state index is -3.44. The van der Waals surface area contributed by atoms with E-state index in [4.69, 9.17) is 0 Å². The predicted molar refractivity (Wildman–Crippen MR) is 86.2 cm³/mol. The Bertz CT molecular complexity index is 566. The summed E-state index contributed by atoms with van der Waals surface area (Å²) in [6, 6.07) is 3.13. The fourth-order valence-electron chi connectivity index (χ4n) is 2.49. The van der Waals surface area contributed by atoms with Crippen molar-refractivity contribution in [1.29, 1.82) is 0 Å². The summed E-state index contributed by atoms with van der Waals surface area (Å²) in [5.74, 6) is 0.828. The van der Waals surface area contributed by atoms with Crippen LogP contribution in [0, 0.1) is 5.92 Å². The van der Waals surface area contributed by atoms with E-state index in [0.717, 1.165) is 19.3 Å². The molecule has 0 amide bonds. The quantitative estimate of drug-likeness (QED) is 0.831. The lowest BCUT2D eigenvalue weighted by Crippen LogP contribution is -2.35. The van der Waals surface area contributed by atoms with Crippen molar-refractivity contribution in [3.63, 3.8) is 0 Å². The number of sulfonamides is 1. The second-order valence-electron chi connectivity index (χ2n) is 6.02. The van der Waals surface area contributed by atoms with Crippen molar-refractivity contribution < 1.29 is 13.5 Å². The van der Waals surface area contributed by atoms with E-state index in [-0.39, 0.29) is 23.5 Å². The monoisotopic (exact) mass is 327 g/mol. The van der Waals surface area contributed by atoms with Crippen LogP contribution in [0.5, 0.6) is 0 Å². The van der Waals surface area contributed by atoms with Gasteiger partial charge in [-0.1, -0.05) is 20.3 Å². The highest BCUT2D eigenvalue weighted by Crippen LogP contribution is 2.21. The maximum atomic E-state index is 12.5. The van der Waals surface area contributed by atoms with Crippen LogP contribution in [0.25, 0.3) is 0 Å². The van der Waals surface area contributed by atoms with E-state index in [1.54, 1.807) is 12.1 Å². The van der Waals surface area contributed by atoms with Gasteiger partial charge in [-0.15, -0.1) is 0 Å². The summed E-state index contributed by atoms with van der Waals surface area (Å²) < 4.78 is 26.6. The van der Waals surface area contributed by atoms with Gasteiger partial charge in [0.25, 0.3) is 0 Å². The fraction of sp³-hybridized carbons (Fsp3) is 0.667. The molecule has 0 unspecified atom stereocenters. The Kier molecular flexibility index (Phi) is 5.77. The van der Waals surface area contributed by atoms with E-state index < -0.39 is 10.0 Å². The third-order valence-electron chi connectivity index (χ3n) is 4.02. The van der Waals surface area contributed by atoms with Crippen molar-refractivity contribution in [2.45, 2.75) is 44.0 Å². The first kappa shape index (κ1) is 17.2. The van der Waals surface area contributed by atoms with E-state index in [9.17, 15) is 13.5 Å². The summed E-state index contributed by atoms with van der Waals surface area (Å²) >= 11 is 0. The van der Waals surface area contributed by atoms with E-state index in [1.807, 2.05) is 13.8 Å². The van der Waals surface area contributed by atoms with Crippen LogP contribution in [0.1, 0.15) is 33.1 Å². The second kappa shape index (κ2) is 7.39. The van der Waals surface area contributed by atoms with Crippen LogP contribution in [-0.2, 0) is 10.0 Å². The van der Waals surface area contributed by atoms with Gasteiger partial charge in [-0.25, -0.2) is 13.4 Å². The molecule has 2 heterocycles. The number of aliphatic hydroxyl groups is 1. The van der Waals surface area contributed by atoms with E-state index in [0.29, 0.717) is 18.9 Å². The molecule has 1 aliphatic rings. The van der Waals surface area contributed by atoms with Gasteiger partial charge in [-0.2, -0.15) is 4.31 Å². The molecule has 22 heavy (non-hydrogen) atoms. The molecule has 0 aliphatic carbocycles. The maximum Gasteiger partial charge on any atom is 0.244 e. The normalized spacial score (nSPS) is 18.4. The Morgan fingerprint density at radius 1 is 1.27 bits per heavy atom. The first-order valence-corrected chi connectivity index (χ1v) is 9.22. The fourth-order valence-corrected chi connectivity index (χ4v) is 3.95. The Morgan fingerprint density at radius 2 is 1.95 bits per heavy atom. The Morgan fingerprint density at radius 3 is 2.45 bits per heavy atom. The molecule has 0 bridgehead atoms. The molecule has 1 atom stereocenters. The number of aliphatic hydroxyl groups excluding tert-OH is 1. The molecule has 2 N–H and O–H groups in total. The van der Waals surface area contributed by atoms with Crippen molar-refractivity contribution in [1.82, 2.24) is 9.29 Å². The van der Waals surface area contributed by atoms with Gasteiger partial charge in [0, 0.05) is 19.3 Å². The highest BCUT2D eigenvalue weighted by Gasteiger charge is 2.26. The highest BCUT2D eigenvalue weighted by atomic mass is 32.2. The summed E-state index contributed by atoms with van der Waals surface area (Å²) in [4.78, 5) is 4.41. The lowest BCUT2D eigenvalue weighted by molar-refractivity contribution is 0.249. The number of nitrogens with zero attached hydrogens (tertiary/aromatic N) is 2. The standard InChI is InChI=1S/C15H25N3O3S/c1-12(2)14(11-19)17-15-7-6-13(10-16-15)22(20,21)18-8-4-3-5-9-18/h6-7,10,12,14,19H,3-5,8-9,11H2,1-2H3,(H,16,17)/t14-/m1/s1. The van der Waals surface area contributed by atoms with Crippen molar-refractivity contribution in [3.05, 3.63) is 18.3 Å².